The predicted molar refractivity (Wildman–Crippen MR) is 113 cm³/mol. The van der Waals surface area contributed by atoms with Crippen LogP contribution < -0.4 is 10.2 Å². The van der Waals surface area contributed by atoms with Crippen molar-refractivity contribution in [3.63, 3.8) is 0 Å². The van der Waals surface area contributed by atoms with E-state index in [9.17, 15) is 18.4 Å². The van der Waals surface area contributed by atoms with Gasteiger partial charge < -0.3 is 10.2 Å². The number of nitrogens with zero attached hydrogens (tertiary/aromatic N) is 3. The van der Waals surface area contributed by atoms with Crippen molar-refractivity contribution in [2.45, 2.75) is 12.8 Å². The van der Waals surface area contributed by atoms with E-state index in [2.05, 4.69) is 15.5 Å². The number of amides is 2. The molecule has 2 amide bonds. The fraction of sp³-hybridized carbons (Fsp3) is 0.143. The highest BCUT2D eigenvalue weighted by atomic mass is 35.5. The molecule has 1 N–H and O–H groups in total. The van der Waals surface area contributed by atoms with E-state index in [1.54, 1.807) is 13.0 Å². The van der Waals surface area contributed by atoms with Crippen molar-refractivity contribution in [1.82, 2.24) is 10.2 Å². The highest BCUT2D eigenvalue weighted by Gasteiger charge is 2.35. The number of fused-ring (bicyclic) bond motifs is 3. The summed E-state index contributed by atoms with van der Waals surface area (Å²) in [5.74, 6) is -3.20. The first-order valence-corrected chi connectivity index (χ1v) is 9.89. The third-order valence-corrected chi connectivity index (χ3v) is 5.45. The third-order valence-electron chi connectivity index (χ3n) is 4.92. The molecule has 158 valence electrons. The summed E-state index contributed by atoms with van der Waals surface area (Å²) in [6.07, 6.45) is 1.41. The minimum Gasteiger partial charge on any atom is -0.324 e. The summed E-state index contributed by atoms with van der Waals surface area (Å²) in [6.45, 7) is 1.18. The molecular weight excluding hydrogens is 449 g/mol. The Labute approximate surface area is 185 Å². The highest BCUT2D eigenvalue weighted by molar-refractivity contribution is 6.31. The van der Waals surface area contributed by atoms with Crippen molar-refractivity contribution in [2.24, 2.45) is 0 Å². The topological polar surface area (TPSA) is 75.2 Å². The number of rotatable bonds is 3. The average Bonchev–Trinajstić information content (AvgIpc) is 2.80. The Kier molecular flexibility index (Phi) is 5.60. The monoisotopic (exact) mass is 462 g/mol. The maximum atomic E-state index is 14.9. The molecule has 0 bridgehead atoms. The van der Waals surface area contributed by atoms with E-state index in [1.807, 2.05) is 0 Å². The summed E-state index contributed by atoms with van der Waals surface area (Å²) in [5, 5.41) is 10.3. The van der Waals surface area contributed by atoms with Gasteiger partial charge in [-0.05, 0) is 48.9 Å². The fourth-order valence-electron chi connectivity index (χ4n) is 3.46. The lowest BCUT2D eigenvalue weighted by Crippen LogP contribution is -2.40. The quantitative estimate of drug-likeness (QED) is 0.605. The van der Waals surface area contributed by atoms with Gasteiger partial charge in [0.2, 0.25) is 11.8 Å². The Morgan fingerprint density at radius 2 is 1.94 bits per heavy atom. The van der Waals surface area contributed by atoms with Gasteiger partial charge in [0.1, 0.15) is 23.9 Å². The molecule has 6 nitrogen and oxygen atoms in total. The first-order chi connectivity index (χ1) is 14.8. The molecule has 0 saturated carbocycles. The van der Waals surface area contributed by atoms with Gasteiger partial charge >= 0.3 is 0 Å². The summed E-state index contributed by atoms with van der Waals surface area (Å²) >= 11 is 11.7. The number of aromatic nitrogens is 2. The van der Waals surface area contributed by atoms with Crippen LogP contribution in [0.15, 0.2) is 42.6 Å². The molecule has 2 aromatic carbocycles. The number of carbonyl (C=O) groups excluding carboxylic acids is 2. The van der Waals surface area contributed by atoms with E-state index < -0.39 is 35.9 Å². The lowest BCUT2D eigenvalue weighted by atomic mass is 9.97. The summed E-state index contributed by atoms with van der Waals surface area (Å²) < 4.78 is 28.6. The van der Waals surface area contributed by atoms with Gasteiger partial charge in [-0.3, -0.25) is 9.59 Å². The van der Waals surface area contributed by atoms with Gasteiger partial charge in [0.15, 0.2) is 0 Å². The van der Waals surface area contributed by atoms with Gasteiger partial charge in [-0.25, -0.2) is 8.78 Å². The number of anilines is 2. The smallest absolute Gasteiger partial charge is 0.244 e. The minimum absolute atomic E-state index is 0.0236. The molecular formula is C21H14Cl2F2N4O2. The molecule has 31 heavy (non-hydrogen) atoms. The third kappa shape index (κ3) is 3.96. The Hall–Kier alpha value is -3.10. The zero-order chi connectivity index (χ0) is 22.3. The van der Waals surface area contributed by atoms with E-state index in [4.69, 9.17) is 23.2 Å². The molecule has 1 aromatic heterocycles. The van der Waals surface area contributed by atoms with Gasteiger partial charge in [0.05, 0.1) is 22.2 Å². The van der Waals surface area contributed by atoms with Crippen LogP contribution in [-0.4, -0.2) is 28.6 Å². The van der Waals surface area contributed by atoms with Crippen LogP contribution in [0.1, 0.15) is 18.4 Å². The lowest BCUT2D eigenvalue weighted by Gasteiger charge is -2.24. The molecule has 1 aliphatic rings. The van der Waals surface area contributed by atoms with Crippen LogP contribution in [-0.2, 0) is 9.59 Å². The molecule has 2 heterocycles. The molecule has 0 aliphatic carbocycles. The Morgan fingerprint density at radius 3 is 2.68 bits per heavy atom. The van der Waals surface area contributed by atoms with Gasteiger partial charge in [0.25, 0.3) is 0 Å². The van der Waals surface area contributed by atoms with Crippen molar-refractivity contribution in [3.05, 3.63) is 69.8 Å². The molecule has 10 heteroatoms. The zero-order valence-electron chi connectivity index (χ0n) is 16.0. The summed E-state index contributed by atoms with van der Waals surface area (Å²) in [6, 6.07) is 7.86. The normalized spacial score (nSPS) is 15.2. The molecule has 0 saturated heterocycles. The summed E-state index contributed by atoms with van der Waals surface area (Å²) in [7, 11) is 0. The van der Waals surface area contributed by atoms with Crippen LogP contribution in [0.4, 0.5) is 20.2 Å². The largest absolute Gasteiger partial charge is 0.324 e. The first-order valence-electron chi connectivity index (χ1n) is 9.13. The van der Waals surface area contributed by atoms with Crippen molar-refractivity contribution < 1.29 is 18.4 Å². The first kappa shape index (κ1) is 21.1. The number of carbonyl (C=O) groups is 2. The van der Waals surface area contributed by atoms with Crippen LogP contribution >= 0.6 is 23.2 Å². The van der Waals surface area contributed by atoms with E-state index >= 15 is 0 Å². The maximum Gasteiger partial charge on any atom is 0.244 e. The molecule has 3 aromatic rings. The molecule has 0 fully saturated rings. The molecule has 0 radical (unpaired) electrons. The number of nitrogens with one attached hydrogen (secondary N) is 1. The van der Waals surface area contributed by atoms with Crippen molar-refractivity contribution >= 4 is 46.4 Å². The standard InChI is InChI=1S/C21H14Cl2F2N4O2/c1-10-13-4-5-26-28-20(13)19-16(25)6-11(22)7-17(19)29(21(10)31)9-18(30)27-12-2-3-14(23)15(24)8-12/h2-8,10H,9H2,1H3,(H,27,30)/t10-/m0/s1. The average molecular weight is 463 g/mol. The molecule has 1 atom stereocenters. The minimum atomic E-state index is -0.725. The Balaban J connectivity index is 1.75. The zero-order valence-corrected chi connectivity index (χ0v) is 17.5. The number of halogens is 4. The van der Waals surface area contributed by atoms with Crippen molar-refractivity contribution in [1.29, 1.82) is 0 Å². The molecule has 0 unspecified atom stereocenters. The maximum absolute atomic E-state index is 14.9. The second kappa shape index (κ2) is 8.20. The summed E-state index contributed by atoms with van der Waals surface area (Å²) in [4.78, 5) is 27.1. The van der Waals surface area contributed by atoms with Crippen LogP contribution in [0.3, 0.4) is 0 Å². The fourth-order valence-corrected chi connectivity index (χ4v) is 3.78. The van der Waals surface area contributed by atoms with Crippen LogP contribution in [0, 0.1) is 11.6 Å². The second-order valence-electron chi connectivity index (χ2n) is 6.94. The van der Waals surface area contributed by atoms with Crippen LogP contribution in [0.25, 0.3) is 11.3 Å². The van der Waals surface area contributed by atoms with Gasteiger partial charge in [-0.2, -0.15) is 10.2 Å². The van der Waals surface area contributed by atoms with Crippen molar-refractivity contribution in [3.8, 4) is 11.3 Å². The van der Waals surface area contributed by atoms with Gasteiger partial charge in [0, 0.05) is 16.9 Å². The van der Waals surface area contributed by atoms with Gasteiger partial charge in [-0.1, -0.05) is 23.2 Å². The SMILES string of the molecule is C[C@@H]1C(=O)N(CC(=O)Nc2ccc(Cl)c(F)c2)c2cc(Cl)cc(F)c2-c2nnccc21. The summed E-state index contributed by atoms with van der Waals surface area (Å²) in [5.41, 5.74) is 0.961. The number of benzene rings is 2. The lowest BCUT2D eigenvalue weighted by molar-refractivity contribution is -0.122. The Morgan fingerprint density at radius 1 is 1.16 bits per heavy atom. The van der Waals surface area contributed by atoms with Crippen LogP contribution in [0.5, 0.6) is 0 Å². The molecule has 1 aliphatic heterocycles. The van der Waals surface area contributed by atoms with Crippen LogP contribution in [0.2, 0.25) is 10.0 Å². The number of hydrogen-bond acceptors (Lipinski definition) is 4. The Bertz CT molecular complexity index is 1220. The van der Waals surface area contributed by atoms with E-state index in [1.165, 1.54) is 24.4 Å². The molecule has 4 rings (SSSR count). The van der Waals surface area contributed by atoms with E-state index in [0.717, 1.165) is 17.0 Å². The van der Waals surface area contributed by atoms with E-state index in [-0.39, 0.29) is 32.7 Å². The van der Waals surface area contributed by atoms with E-state index in [0.29, 0.717) is 5.56 Å². The highest BCUT2D eigenvalue weighted by Crippen LogP contribution is 2.42. The van der Waals surface area contributed by atoms with Gasteiger partial charge in [-0.15, -0.1) is 0 Å². The predicted octanol–water partition coefficient (Wildman–Crippen LogP) is 4.82. The van der Waals surface area contributed by atoms with Crippen molar-refractivity contribution in [2.75, 3.05) is 16.8 Å². The molecule has 0 spiro atoms. The second-order valence-corrected chi connectivity index (χ2v) is 7.78. The number of hydrogen-bond donors (Lipinski definition) is 1.